The number of halogens is 3. The van der Waals surface area contributed by atoms with Crippen molar-refractivity contribution < 1.29 is 27.2 Å². The summed E-state index contributed by atoms with van der Waals surface area (Å²) in [4.78, 5) is 29.4. The van der Waals surface area contributed by atoms with Crippen LogP contribution in [0.4, 0.5) is 18.9 Å². The maximum atomic E-state index is 13.6. The average molecular weight is 501 g/mol. The van der Waals surface area contributed by atoms with Gasteiger partial charge in [0.05, 0.1) is 6.54 Å². The lowest BCUT2D eigenvalue weighted by Crippen LogP contribution is -2.45. The molecule has 4 rings (SSSR count). The van der Waals surface area contributed by atoms with Crippen LogP contribution in [0.5, 0.6) is 0 Å². The van der Waals surface area contributed by atoms with Gasteiger partial charge in [0.25, 0.3) is 0 Å². The molecule has 2 amide bonds. The Labute approximate surface area is 206 Å². The van der Waals surface area contributed by atoms with Gasteiger partial charge in [-0.1, -0.05) is 44.2 Å². The molecule has 10 heteroatoms. The van der Waals surface area contributed by atoms with Crippen LogP contribution in [0.1, 0.15) is 38.1 Å². The van der Waals surface area contributed by atoms with Gasteiger partial charge in [0.15, 0.2) is 0 Å². The number of anilines is 1. The minimum Gasteiger partial charge on any atom is -0.413 e. The molecule has 1 fully saturated rings. The highest BCUT2D eigenvalue weighted by atomic mass is 19.4. The zero-order valence-electron chi connectivity index (χ0n) is 20.0. The SMILES string of the molecule is CC(C)C(=O)N1CCC(C(=O)N(Cc2ccc(-c3nnc(C(F)(F)F)o3)cc2)c2ccccc2)CC1. The third-order valence-electron chi connectivity index (χ3n) is 6.19. The van der Waals surface area contributed by atoms with Crippen molar-refractivity contribution in [2.45, 2.75) is 39.4 Å². The van der Waals surface area contributed by atoms with Crippen LogP contribution < -0.4 is 4.90 Å². The average Bonchev–Trinajstić information content (AvgIpc) is 3.39. The summed E-state index contributed by atoms with van der Waals surface area (Å²) in [5.74, 6) is -1.83. The molecule has 1 aromatic heterocycles. The molecule has 190 valence electrons. The molecule has 1 aliphatic heterocycles. The summed E-state index contributed by atoms with van der Waals surface area (Å²) < 4.78 is 43.0. The van der Waals surface area contributed by atoms with Crippen molar-refractivity contribution in [1.82, 2.24) is 15.1 Å². The lowest BCUT2D eigenvalue weighted by molar-refractivity contribution is -0.157. The molecule has 0 aliphatic carbocycles. The summed E-state index contributed by atoms with van der Waals surface area (Å²) in [6.07, 6.45) is -3.52. The molecule has 7 nitrogen and oxygen atoms in total. The molecule has 0 radical (unpaired) electrons. The van der Waals surface area contributed by atoms with E-state index >= 15 is 0 Å². The number of carbonyl (C=O) groups is 2. The van der Waals surface area contributed by atoms with Crippen LogP contribution >= 0.6 is 0 Å². The van der Waals surface area contributed by atoms with Crippen molar-refractivity contribution in [3.63, 3.8) is 0 Å². The highest BCUT2D eigenvalue weighted by molar-refractivity contribution is 5.95. The fraction of sp³-hybridized carbons (Fsp3) is 0.385. The van der Waals surface area contributed by atoms with E-state index in [0.29, 0.717) is 31.5 Å². The number of benzene rings is 2. The Morgan fingerprint density at radius 2 is 1.67 bits per heavy atom. The van der Waals surface area contributed by atoms with Crippen molar-refractivity contribution in [2.24, 2.45) is 11.8 Å². The predicted octanol–water partition coefficient (Wildman–Crippen LogP) is 5.18. The number of hydrogen-bond donors (Lipinski definition) is 0. The summed E-state index contributed by atoms with van der Waals surface area (Å²) >= 11 is 0. The molecular formula is C26H27F3N4O3. The summed E-state index contributed by atoms with van der Waals surface area (Å²) in [7, 11) is 0. The van der Waals surface area contributed by atoms with Crippen LogP contribution in [0, 0.1) is 11.8 Å². The van der Waals surface area contributed by atoms with Gasteiger partial charge in [-0.25, -0.2) is 0 Å². The summed E-state index contributed by atoms with van der Waals surface area (Å²) in [5.41, 5.74) is 1.89. The second-order valence-electron chi connectivity index (χ2n) is 9.12. The highest BCUT2D eigenvalue weighted by Crippen LogP contribution is 2.31. The van der Waals surface area contributed by atoms with Crippen LogP contribution in [0.25, 0.3) is 11.5 Å². The van der Waals surface area contributed by atoms with Crippen LogP contribution in [0.2, 0.25) is 0 Å². The van der Waals surface area contributed by atoms with E-state index in [0.717, 1.165) is 11.3 Å². The second kappa shape index (κ2) is 10.5. The molecule has 0 saturated carbocycles. The minimum absolute atomic E-state index is 0.0198. The first-order chi connectivity index (χ1) is 17.1. The van der Waals surface area contributed by atoms with Gasteiger partial charge in [0.2, 0.25) is 17.7 Å². The van der Waals surface area contributed by atoms with Gasteiger partial charge in [0.1, 0.15) is 0 Å². The Hall–Kier alpha value is -3.69. The van der Waals surface area contributed by atoms with Crippen LogP contribution in [0.3, 0.4) is 0 Å². The van der Waals surface area contributed by atoms with Gasteiger partial charge in [-0.3, -0.25) is 9.59 Å². The van der Waals surface area contributed by atoms with Gasteiger partial charge < -0.3 is 14.2 Å². The van der Waals surface area contributed by atoms with Crippen LogP contribution in [-0.4, -0.2) is 40.0 Å². The molecule has 36 heavy (non-hydrogen) atoms. The number of carbonyl (C=O) groups excluding carboxylic acids is 2. The molecule has 0 atom stereocenters. The summed E-state index contributed by atoms with van der Waals surface area (Å²) in [6, 6.07) is 15.9. The second-order valence-corrected chi connectivity index (χ2v) is 9.12. The zero-order chi connectivity index (χ0) is 25.9. The smallest absolute Gasteiger partial charge is 0.413 e. The number of rotatable bonds is 6. The molecule has 3 aromatic rings. The first-order valence-electron chi connectivity index (χ1n) is 11.8. The van der Waals surface area contributed by atoms with Crippen LogP contribution in [0.15, 0.2) is 59.0 Å². The number of nitrogens with zero attached hydrogens (tertiary/aromatic N) is 4. The van der Waals surface area contributed by atoms with Gasteiger partial charge >= 0.3 is 12.1 Å². The Bertz CT molecular complexity index is 1190. The number of hydrogen-bond acceptors (Lipinski definition) is 5. The lowest BCUT2D eigenvalue weighted by Gasteiger charge is -2.35. The summed E-state index contributed by atoms with van der Waals surface area (Å²) in [6.45, 7) is 5.13. The van der Waals surface area contributed by atoms with Crippen LogP contribution in [-0.2, 0) is 22.3 Å². The van der Waals surface area contributed by atoms with Crippen molar-refractivity contribution in [1.29, 1.82) is 0 Å². The van der Waals surface area contributed by atoms with E-state index in [2.05, 4.69) is 10.2 Å². The normalized spacial score (nSPS) is 14.8. The van der Waals surface area contributed by atoms with Crippen molar-refractivity contribution in [3.8, 4) is 11.5 Å². The molecule has 1 saturated heterocycles. The third kappa shape index (κ3) is 5.75. The van der Waals surface area contributed by atoms with E-state index in [1.807, 2.05) is 49.1 Å². The number of amides is 2. The standard InChI is InChI=1S/C26H27F3N4O3/c1-17(2)23(34)32-14-12-20(13-15-32)24(35)33(21-6-4-3-5-7-21)16-18-8-10-19(11-9-18)22-30-31-25(36-22)26(27,28)29/h3-11,17,20H,12-16H2,1-2H3. The molecular weight excluding hydrogens is 473 g/mol. The van der Waals surface area contributed by atoms with E-state index in [9.17, 15) is 22.8 Å². The monoisotopic (exact) mass is 500 g/mol. The lowest BCUT2D eigenvalue weighted by atomic mass is 9.94. The van der Waals surface area contributed by atoms with E-state index < -0.39 is 12.1 Å². The predicted molar refractivity (Wildman–Crippen MR) is 127 cm³/mol. The number of likely N-dealkylation sites (tertiary alicyclic amines) is 1. The number of aromatic nitrogens is 2. The van der Waals surface area contributed by atoms with Crippen molar-refractivity contribution >= 4 is 17.5 Å². The Morgan fingerprint density at radius 1 is 1.03 bits per heavy atom. The topological polar surface area (TPSA) is 79.5 Å². The number of piperidine rings is 1. The molecule has 2 aromatic carbocycles. The maximum Gasteiger partial charge on any atom is 0.470 e. The molecule has 2 heterocycles. The van der Waals surface area contributed by atoms with Gasteiger partial charge in [-0.05, 0) is 42.7 Å². The van der Waals surface area contributed by atoms with Gasteiger partial charge in [-0.15, -0.1) is 10.2 Å². The molecule has 0 unspecified atom stereocenters. The minimum atomic E-state index is -4.71. The Morgan fingerprint density at radius 3 is 2.22 bits per heavy atom. The fourth-order valence-electron chi connectivity index (χ4n) is 4.23. The molecule has 1 aliphatic rings. The molecule has 0 bridgehead atoms. The largest absolute Gasteiger partial charge is 0.470 e. The first-order valence-corrected chi connectivity index (χ1v) is 11.8. The van der Waals surface area contributed by atoms with E-state index in [-0.39, 0.29) is 36.1 Å². The summed E-state index contributed by atoms with van der Waals surface area (Å²) in [5, 5.41) is 6.54. The van der Waals surface area contributed by atoms with Crippen molar-refractivity contribution in [2.75, 3.05) is 18.0 Å². The van der Waals surface area contributed by atoms with E-state index in [4.69, 9.17) is 4.42 Å². The molecule has 0 spiro atoms. The number of alkyl halides is 3. The van der Waals surface area contributed by atoms with Gasteiger partial charge in [-0.2, -0.15) is 13.2 Å². The first kappa shape index (κ1) is 25.4. The molecule has 0 N–H and O–H groups in total. The van der Waals surface area contributed by atoms with E-state index in [1.54, 1.807) is 29.2 Å². The third-order valence-corrected chi connectivity index (χ3v) is 6.19. The number of para-hydroxylation sites is 1. The Balaban J connectivity index is 1.49. The fourth-order valence-corrected chi connectivity index (χ4v) is 4.23. The van der Waals surface area contributed by atoms with E-state index in [1.165, 1.54) is 0 Å². The zero-order valence-corrected chi connectivity index (χ0v) is 20.0. The maximum absolute atomic E-state index is 13.6. The Kier molecular flexibility index (Phi) is 7.42. The quantitative estimate of drug-likeness (QED) is 0.466. The highest BCUT2D eigenvalue weighted by Gasteiger charge is 2.38. The van der Waals surface area contributed by atoms with Gasteiger partial charge in [0, 0.05) is 36.2 Å². The van der Waals surface area contributed by atoms with Crippen molar-refractivity contribution in [3.05, 3.63) is 66.1 Å².